The molecule has 0 bridgehead atoms. The van der Waals surface area contributed by atoms with E-state index < -0.39 is 0 Å². The van der Waals surface area contributed by atoms with E-state index >= 15 is 0 Å². The van der Waals surface area contributed by atoms with Crippen molar-refractivity contribution in [3.63, 3.8) is 0 Å². The predicted octanol–water partition coefficient (Wildman–Crippen LogP) is 2.62. The SMILES string of the molecule is CCOCC1Cc2c(C)cc(C)cc2N1C(C)=O. The monoisotopic (exact) mass is 247 g/mol. The largest absolute Gasteiger partial charge is 0.380 e. The highest BCUT2D eigenvalue weighted by atomic mass is 16.5. The second-order valence-corrected chi connectivity index (χ2v) is 4.99. The molecule has 1 unspecified atom stereocenters. The maximum Gasteiger partial charge on any atom is 0.224 e. The summed E-state index contributed by atoms with van der Waals surface area (Å²) in [5.74, 6) is 0.100. The number of ether oxygens (including phenoxy) is 1. The standard InChI is InChI=1S/C15H21NO2/c1-5-18-9-13-8-14-11(3)6-10(2)7-15(14)16(13)12(4)17/h6-7,13H,5,8-9H2,1-4H3. The molecule has 98 valence electrons. The molecule has 0 spiro atoms. The van der Waals surface area contributed by atoms with E-state index in [-0.39, 0.29) is 11.9 Å². The minimum atomic E-state index is 0.100. The third kappa shape index (κ3) is 2.27. The van der Waals surface area contributed by atoms with Gasteiger partial charge in [-0.25, -0.2) is 0 Å². The first-order valence-electron chi connectivity index (χ1n) is 6.52. The number of amides is 1. The molecule has 1 atom stereocenters. The van der Waals surface area contributed by atoms with Crippen molar-refractivity contribution in [2.75, 3.05) is 18.1 Å². The molecule has 1 heterocycles. The molecule has 0 fully saturated rings. The Morgan fingerprint density at radius 1 is 1.44 bits per heavy atom. The van der Waals surface area contributed by atoms with Crippen LogP contribution in [0.5, 0.6) is 0 Å². The molecular weight excluding hydrogens is 226 g/mol. The van der Waals surface area contributed by atoms with Gasteiger partial charge in [0, 0.05) is 19.2 Å². The summed E-state index contributed by atoms with van der Waals surface area (Å²) in [5.41, 5.74) is 4.84. The normalized spacial score (nSPS) is 18.0. The fourth-order valence-electron chi connectivity index (χ4n) is 2.79. The van der Waals surface area contributed by atoms with Crippen LogP contribution in [0.2, 0.25) is 0 Å². The number of anilines is 1. The third-order valence-electron chi connectivity index (χ3n) is 3.51. The molecule has 0 saturated heterocycles. The van der Waals surface area contributed by atoms with Gasteiger partial charge >= 0.3 is 0 Å². The van der Waals surface area contributed by atoms with Gasteiger partial charge in [0.25, 0.3) is 0 Å². The molecule has 0 aromatic heterocycles. The van der Waals surface area contributed by atoms with E-state index in [9.17, 15) is 4.79 Å². The Bertz CT molecular complexity index is 468. The van der Waals surface area contributed by atoms with Crippen LogP contribution in [0.1, 0.15) is 30.5 Å². The quantitative estimate of drug-likeness (QED) is 0.821. The van der Waals surface area contributed by atoms with Gasteiger partial charge in [-0.3, -0.25) is 4.79 Å². The Morgan fingerprint density at radius 2 is 2.17 bits per heavy atom. The van der Waals surface area contributed by atoms with Crippen molar-refractivity contribution >= 4 is 11.6 Å². The summed E-state index contributed by atoms with van der Waals surface area (Å²) in [6, 6.07) is 4.44. The van der Waals surface area contributed by atoms with Crippen LogP contribution in [0, 0.1) is 13.8 Å². The van der Waals surface area contributed by atoms with Gasteiger partial charge in [-0.15, -0.1) is 0 Å². The topological polar surface area (TPSA) is 29.5 Å². The Hall–Kier alpha value is -1.35. The fourth-order valence-corrected chi connectivity index (χ4v) is 2.79. The highest BCUT2D eigenvalue weighted by Gasteiger charge is 2.33. The van der Waals surface area contributed by atoms with Crippen molar-refractivity contribution in [1.29, 1.82) is 0 Å². The summed E-state index contributed by atoms with van der Waals surface area (Å²) in [5, 5.41) is 0. The lowest BCUT2D eigenvalue weighted by Crippen LogP contribution is -2.39. The maximum absolute atomic E-state index is 11.9. The average molecular weight is 247 g/mol. The average Bonchev–Trinajstić information content (AvgIpc) is 2.64. The van der Waals surface area contributed by atoms with Crippen molar-refractivity contribution in [1.82, 2.24) is 0 Å². The zero-order valence-corrected chi connectivity index (χ0v) is 11.6. The predicted molar refractivity (Wildman–Crippen MR) is 73.1 cm³/mol. The zero-order chi connectivity index (χ0) is 13.3. The summed E-state index contributed by atoms with van der Waals surface area (Å²) in [6.07, 6.45) is 0.904. The summed E-state index contributed by atoms with van der Waals surface area (Å²) >= 11 is 0. The Morgan fingerprint density at radius 3 is 2.78 bits per heavy atom. The fraction of sp³-hybridized carbons (Fsp3) is 0.533. The van der Waals surface area contributed by atoms with Crippen LogP contribution in [0.3, 0.4) is 0 Å². The number of benzene rings is 1. The summed E-state index contributed by atoms with van der Waals surface area (Å²) in [4.78, 5) is 13.8. The number of hydrogen-bond donors (Lipinski definition) is 0. The first-order chi connectivity index (χ1) is 8.54. The lowest BCUT2D eigenvalue weighted by molar-refractivity contribution is -0.117. The number of nitrogens with zero attached hydrogens (tertiary/aromatic N) is 1. The minimum absolute atomic E-state index is 0.100. The van der Waals surface area contributed by atoms with Crippen LogP contribution in [0.25, 0.3) is 0 Å². The number of carbonyl (C=O) groups is 1. The lowest BCUT2D eigenvalue weighted by Gasteiger charge is -2.24. The van der Waals surface area contributed by atoms with E-state index in [1.165, 1.54) is 16.7 Å². The van der Waals surface area contributed by atoms with Gasteiger partial charge in [0.2, 0.25) is 5.91 Å². The molecule has 3 heteroatoms. The summed E-state index contributed by atoms with van der Waals surface area (Å²) in [6.45, 7) is 9.11. The van der Waals surface area contributed by atoms with Gasteiger partial charge in [-0.1, -0.05) is 6.07 Å². The number of aryl methyl sites for hydroxylation is 2. The highest BCUT2D eigenvalue weighted by molar-refractivity contribution is 5.95. The van der Waals surface area contributed by atoms with Crippen LogP contribution in [0.15, 0.2) is 12.1 Å². The van der Waals surface area contributed by atoms with Crippen molar-refractivity contribution in [3.8, 4) is 0 Å². The van der Waals surface area contributed by atoms with Crippen molar-refractivity contribution in [3.05, 3.63) is 28.8 Å². The maximum atomic E-state index is 11.9. The molecule has 0 aliphatic carbocycles. The van der Waals surface area contributed by atoms with E-state index in [2.05, 4.69) is 26.0 Å². The van der Waals surface area contributed by atoms with Crippen LogP contribution in [-0.4, -0.2) is 25.2 Å². The molecule has 1 aliphatic heterocycles. The molecule has 1 aromatic rings. The van der Waals surface area contributed by atoms with Crippen molar-refractivity contribution in [2.45, 2.75) is 40.2 Å². The van der Waals surface area contributed by atoms with Gasteiger partial charge in [-0.2, -0.15) is 0 Å². The van der Waals surface area contributed by atoms with Crippen molar-refractivity contribution in [2.24, 2.45) is 0 Å². The molecule has 0 radical (unpaired) electrons. The van der Waals surface area contributed by atoms with Gasteiger partial charge < -0.3 is 9.64 Å². The first kappa shape index (κ1) is 13.1. The molecule has 0 saturated carbocycles. The Balaban J connectivity index is 2.37. The highest BCUT2D eigenvalue weighted by Crippen LogP contribution is 2.35. The minimum Gasteiger partial charge on any atom is -0.380 e. The molecule has 1 aromatic carbocycles. The second kappa shape index (κ2) is 5.11. The van der Waals surface area contributed by atoms with Crippen LogP contribution < -0.4 is 4.90 Å². The van der Waals surface area contributed by atoms with Crippen LogP contribution in [-0.2, 0) is 16.0 Å². The first-order valence-corrected chi connectivity index (χ1v) is 6.52. The lowest BCUT2D eigenvalue weighted by atomic mass is 10.0. The van der Waals surface area contributed by atoms with Crippen molar-refractivity contribution < 1.29 is 9.53 Å². The molecular formula is C15H21NO2. The Labute approximate surface area is 109 Å². The van der Waals surface area contributed by atoms with E-state index in [4.69, 9.17) is 4.74 Å². The number of hydrogen-bond acceptors (Lipinski definition) is 2. The third-order valence-corrected chi connectivity index (χ3v) is 3.51. The van der Waals surface area contributed by atoms with E-state index in [1.54, 1.807) is 6.92 Å². The Kier molecular flexibility index (Phi) is 3.71. The van der Waals surface area contributed by atoms with E-state index in [1.807, 2.05) is 11.8 Å². The molecule has 1 aliphatic rings. The second-order valence-electron chi connectivity index (χ2n) is 4.99. The van der Waals surface area contributed by atoms with Gasteiger partial charge in [0.1, 0.15) is 0 Å². The molecule has 1 amide bonds. The van der Waals surface area contributed by atoms with Gasteiger partial charge in [-0.05, 0) is 49.9 Å². The number of rotatable bonds is 3. The number of carbonyl (C=O) groups excluding carboxylic acids is 1. The van der Waals surface area contributed by atoms with Gasteiger partial charge in [0.15, 0.2) is 0 Å². The molecule has 18 heavy (non-hydrogen) atoms. The van der Waals surface area contributed by atoms with Gasteiger partial charge in [0.05, 0.1) is 12.6 Å². The van der Waals surface area contributed by atoms with Crippen LogP contribution >= 0.6 is 0 Å². The summed E-state index contributed by atoms with van der Waals surface area (Å²) < 4.78 is 5.51. The van der Waals surface area contributed by atoms with Crippen LogP contribution in [0.4, 0.5) is 5.69 Å². The molecule has 3 nitrogen and oxygen atoms in total. The molecule has 2 rings (SSSR count). The molecule has 0 N–H and O–H groups in total. The number of fused-ring (bicyclic) bond motifs is 1. The van der Waals surface area contributed by atoms with E-state index in [0.717, 1.165) is 12.1 Å². The summed E-state index contributed by atoms with van der Waals surface area (Å²) in [7, 11) is 0. The zero-order valence-electron chi connectivity index (χ0n) is 11.6. The smallest absolute Gasteiger partial charge is 0.224 e. The van der Waals surface area contributed by atoms with E-state index in [0.29, 0.717) is 13.2 Å².